The molecular weight excluding hydrogens is 280 g/mol. The van der Waals surface area contributed by atoms with Crippen LogP contribution in [0.15, 0.2) is 48.9 Å². The van der Waals surface area contributed by atoms with Crippen molar-refractivity contribution < 1.29 is 9.53 Å². The van der Waals surface area contributed by atoms with Crippen LogP contribution in [0.1, 0.15) is 17.4 Å². The van der Waals surface area contributed by atoms with Gasteiger partial charge in [-0.05, 0) is 19.1 Å². The van der Waals surface area contributed by atoms with Crippen LogP contribution in [-0.4, -0.2) is 27.5 Å². The Labute approximate surface area is 127 Å². The minimum atomic E-state index is -0.332. The molecule has 0 unspecified atom stereocenters. The Morgan fingerprint density at radius 2 is 2.05 bits per heavy atom. The number of nitrogens with zero attached hydrogens (tertiary/aromatic N) is 3. The minimum absolute atomic E-state index is 0.242. The van der Waals surface area contributed by atoms with E-state index >= 15 is 0 Å². The number of fused-ring (bicyclic) bond motifs is 1. The van der Waals surface area contributed by atoms with Crippen LogP contribution in [0.4, 0.5) is 5.69 Å². The van der Waals surface area contributed by atoms with Crippen molar-refractivity contribution in [1.82, 2.24) is 15.0 Å². The molecule has 0 fully saturated rings. The van der Waals surface area contributed by atoms with Crippen molar-refractivity contribution in [3.8, 4) is 5.88 Å². The van der Waals surface area contributed by atoms with Crippen LogP contribution in [0.25, 0.3) is 10.9 Å². The summed E-state index contributed by atoms with van der Waals surface area (Å²) in [5, 5.41) is 3.78. The molecule has 1 aromatic carbocycles. The van der Waals surface area contributed by atoms with E-state index in [1.165, 1.54) is 12.4 Å². The SMILES string of the molecule is CCOc1cc(C(=O)Nc2cccc3cccnc23)ncn1. The van der Waals surface area contributed by atoms with E-state index in [4.69, 9.17) is 4.74 Å². The topological polar surface area (TPSA) is 77.0 Å². The predicted octanol–water partition coefficient (Wildman–Crippen LogP) is 2.68. The van der Waals surface area contributed by atoms with Gasteiger partial charge in [0.2, 0.25) is 5.88 Å². The van der Waals surface area contributed by atoms with E-state index in [1.807, 2.05) is 31.2 Å². The van der Waals surface area contributed by atoms with Gasteiger partial charge in [-0.1, -0.05) is 18.2 Å². The Kier molecular flexibility index (Phi) is 3.91. The molecule has 0 aliphatic heterocycles. The highest BCUT2D eigenvalue weighted by molar-refractivity contribution is 6.07. The number of aromatic nitrogens is 3. The van der Waals surface area contributed by atoms with Gasteiger partial charge in [-0.25, -0.2) is 9.97 Å². The average Bonchev–Trinajstić information content (AvgIpc) is 2.56. The monoisotopic (exact) mass is 294 g/mol. The van der Waals surface area contributed by atoms with Crippen molar-refractivity contribution in [2.45, 2.75) is 6.92 Å². The van der Waals surface area contributed by atoms with Crippen LogP contribution in [0.2, 0.25) is 0 Å². The molecule has 0 aliphatic rings. The lowest BCUT2D eigenvalue weighted by Crippen LogP contribution is -2.14. The Morgan fingerprint density at radius 1 is 1.18 bits per heavy atom. The molecule has 2 aromatic heterocycles. The second kappa shape index (κ2) is 6.17. The maximum atomic E-state index is 12.3. The van der Waals surface area contributed by atoms with Gasteiger partial charge in [0.1, 0.15) is 12.0 Å². The fourth-order valence-electron chi connectivity index (χ4n) is 2.08. The zero-order valence-electron chi connectivity index (χ0n) is 12.0. The van der Waals surface area contributed by atoms with Crippen molar-refractivity contribution in [1.29, 1.82) is 0 Å². The van der Waals surface area contributed by atoms with E-state index in [9.17, 15) is 4.79 Å². The number of ether oxygens (including phenoxy) is 1. The highest BCUT2D eigenvalue weighted by Crippen LogP contribution is 2.21. The number of nitrogens with one attached hydrogen (secondary N) is 1. The third kappa shape index (κ3) is 2.85. The summed E-state index contributed by atoms with van der Waals surface area (Å²) >= 11 is 0. The summed E-state index contributed by atoms with van der Waals surface area (Å²) in [5.41, 5.74) is 1.61. The molecular formula is C16H14N4O2. The molecule has 1 amide bonds. The predicted molar refractivity (Wildman–Crippen MR) is 82.9 cm³/mol. The van der Waals surface area contributed by atoms with Gasteiger partial charge in [-0.3, -0.25) is 9.78 Å². The molecule has 3 aromatic rings. The molecule has 1 N–H and O–H groups in total. The lowest BCUT2D eigenvalue weighted by Gasteiger charge is -2.08. The first-order valence-corrected chi connectivity index (χ1v) is 6.88. The second-order valence-corrected chi connectivity index (χ2v) is 4.51. The van der Waals surface area contributed by atoms with Crippen LogP contribution in [0.5, 0.6) is 5.88 Å². The van der Waals surface area contributed by atoms with Gasteiger partial charge in [0.15, 0.2) is 0 Å². The minimum Gasteiger partial charge on any atom is -0.478 e. The number of hydrogen-bond acceptors (Lipinski definition) is 5. The molecule has 0 aliphatic carbocycles. The molecule has 0 atom stereocenters. The Bertz CT molecular complexity index is 815. The molecule has 0 radical (unpaired) electrons. The molecule has 0 bridgehead atoms. The average molecular weight is 294 g/mol. The van der Waals surface area contributed by atoms with E-state index in [-0.39, 0.29) is 11.6 Å². The quantitative estimate of drug-likeness (QED) is 0.800. The van der Waals surface area contributed by atoms with Gasteiger partial charge in [-0.2, -0.15) is 0 Å². The lowest BCUT2D eigenvalue weighted by atomic mass is 10.2. The largest absolute Gasteiger partial charge is 0.478 e. The third-order valence-corrected chi connectivity index (χ3v) is 3.05. The van der Waals surface area contributed by atoms with Gasteiger partial charge in [0.05, 0.1) is 17.8 Å². The first-order valence-electron chi connectivity index (χ1n) is 6.88. The summed E-state index contributed by atoms with van der Waals surface area (Å²) in [6, 6.07) is 10.9. The zero-order chi connectivity index (χ0) is 15.4. The maximum absolute atomic E-state index is 12.3. The van der Waals surface area contributed by atoms with Crippen molar-refractivity contribution >= 4 is 22.5 Å². The van der Waals surface area contributed by atoms with Gasteiger partial charge in [0, 0.05) is 17.6 Å². The summed E-state index contributed by atoms with van der Waals surface area (Å²) in [6.07, 6.45) is 3.00. The van der Waals surface area contributed by atoms with Gasteiger partial charge < -0.3 is 10.1 Å². The normalized spacial score (nSPS) is 10.4. The van der Waals surface area contributed by atoms with Gasteiger partial charge in [0.25, 0.3) is 5.91 Å². The van der Waals surface area contributed by atoms with E-state index in [1.54, 1.807) is 12.3 Å². The fourth-order valence-corrected chi connectivity index (χ4v) is 2.08. The third-order valence-electron chi connectivity index (χ3n) is 3.05. The molecule has 0 saturated carbocycles. The number of carbonyl (C=O) groups excluding carboxylic acids is 1. The van der Waals surface area contributed by atoms with Crippen LogP contribution in [-0.2, 0) is 0 Å². The summed E-state index contributed by atoms with van der Waals surface area (Å²) in [6.45, 7) is 2.33. The smallest absolute Gasteiger partial charge is 0.274 e. The second-order valence-electron chi connectivity index (χ2n) is 4.51. The summed E-state index contributed by atoms with van der Waals surface area (Å²) < 4.78 is 5.27. The fraction of sp³-hybridized carbons (Fsp3) is 0.125. The van der Waals surface area contributed by atoms with E-state index in [0.29, 0.717) is 18.2 Å². The number of hydrogen-bond donors (Lipinski definition) is 1. The number of pyridine rings is 1. The number of benzene rings is 1. The first-order chi connectivity index (χ1) is 10.8. The number of para-hydroxylation sites is 1. The van der Waals surface area contributed by atoms with Gasteiger partial charge >= 0.3 is 0 Å². The molecule has 6 nitrogen and oxygen atoms in total. The number of carbonyl (C=O) groups is 1. The van der Waals surface area contributed by atoms with Crippen LogP contribution in [0, 0.1) is 0 Å². The Morgan fingerprint density at radius 3 is 2.91 bits per heavy atom. The molecule has 0 saturated heterocycles. The molecule has 110 valence electrons. The van der Waals surface area contributed by atoms with Crippen molar-refractivity contribution in [2.75, 3.05) is 11.9 Å². The van der Waals surface area contributed by atoms with Crippen LogP contribution in [0.3, 0.4) is 0 Å². The van der Waals surface area contributed by atoms with E-state index < -0.39 is 0 Å². The lowest BCUT2D eigenvalue weighted by molar-refractivity contribution is 0.102. The first kappa shape index (κ1) is 13.9. The molecule has 3 rings (SSSR count). The maximum Gasteiger partial charge on any atom is 0.274 e. The van der Waals surface area contributed by atoms with Gasteiger partial charge in [-0.15, -0.1) is 0 Å². The zero-order valence-corrected chi connectivity index (χ0v) is 12.0. The van der Waals surface area contributed by atoms with E-state index in [2.05, 4.69) is 20.3 Å². The summed E-state index contributed by atoms with van der Waals surface area (Å²) in [7, 11) is 0. The summed E-state index contributed by atoms with van der Waals surface area (Å²) in [5.74, 6) is 0.0419. The molecule has 2 heterocycles. The molecule has 22 heavy (non-hydrogen) atoms. The highest BCUT2D eigenvalue weighted by atomic mass is 16.5. The Hall–Kier alpha value is -3.02. The van der Waals surface area contributed by atoms with Crippen LogP contribution < -0.4 is 10.1 Å². The number of amides is 1. The molecule has 0 spiro atoms. The van der Waals surface area contributed by atoms with Crippen molar-refractivity contribution in [3.05, 3.63) is 54.6 Å². The highest BCUT2D eigenvalue weighted by Gasteiger charge is 2.11. The van der Waals surface area contributed by atoms with Crippen molar-refractivity contribution in [3.63, 3.8) is 0 Å². The van der Waals surface area contributed by atoms with Crippen molar-refractivity contribution in [2.24, 2.45) is 0 Å². The molecule has 6 heteroatoms. The number of rotatable bonds is 4. The standard InChI is InChI=1S/C16H14N4O2/c1-2-22-14-9-13(18-10-19-14)16(21)20-12-7-3-5-11-6-4-8-17-15(11)12/h3-10H,2H2,1H3,(H,20,21). The summed E-state index contributed by atoms with van der Waals surface area (Å²) in [4.78, 5) is 24.5. The van der Waals surface area contributed by atoms with E-state index in [0.717, 1.165) is 10.9 Å². The van der Waals surface area contributed by atoms with Crippen LogP contribution >= 0.6 is 0 Å². The Balaban J connectivity index is 1.88. The number of anilines is 1.